The minimum atomic E-state index is 0.149. The van der Waals surface area contributed by atoms with Gasteiger partial charge in [0.15, 0.2) is 0 Å². The number of hydrogen-bond acceptors (Lipinski definition) is 1. The van der Waals surface area contributed by atoms with Crippen LogP contribution in [0.3, 0.4) is 0 Å². The number of hydrogen-bond donors (Lipinski definition) is 0. The van der Waals surface area contributed by atoms with E-state index < -0.39 is 0 Å². The van der Waals surface area contributed by atoms with E-state index in [1.54, 1.807) is 0 Å². The monoisotopic (exact) mass is 186 g/mol. The van der Waals surface area contributed by atoms with Crippen LogP contribution in [0.4, 0.5) is 0 Å². The van der Waals surface area contributed by atoms with E-state index >= 15 is 0 Å². The number of alkyl halides is 1. The van der Waals surface area contributed by atoms with E-state index in [1.807, 2.05) is 30.9 Å². The predicted octanol–water partition coefficient (Wildman–Crippen LogP) is 2.54. The first-order chi connectivity index (χ1) is 5.66. The minimum Gasteiger partial charge on any atom is -0.338 e. The summed E-state index contributed by atoms with van der Waals surface area (Å²) in [5, 5.41) is 0.149. The minimum absolute atomic E-state index is 0.149. The number of rotatable bonds is 3. The summed E-state index contributed by atoms with van der Waals surface area (Å²) in [5.41, 5.74) is 0. The van der Waals surface area contributed by atoms with Gasteiger partial charge in [0.05, 0.1) is 0 Å². The molecule has 0 aliphatic carbocycles. The molecule has 0 saturated heterocycles. The van der Waals surface area contributed by atoms with Gasteiger partial charge in [-0.3, -0.25) is 0 Å². The lowest BCUT2D eigenvalue weighted by molar-refractivity contribution is 0.584. The van der Waals surface area contributed by atoms with Crippen LogP contribution in [0.5, 0.6) is 0 Å². The summed E-state index contributed by atoms with van der Waals surface area (Å²) in [6.45, 7) is 4.16. The third-order valence-electron chi connectivity index (χ3n) is 2.18. The van der Waals surface area contributed by atoms with E-state index in [4.69, 9.17) is 11.6 Å². The smallest absolute Gasteiger partial charge is 0.112 e. The molecule has 0 saturated carbocycles. The van der Waals surface area contributed by atoms with Gasteiger partial charge in [0, 0.05) is 30.7 Å². The highest BCUT2D eigenvalue weighted by molar-refractivity contribution is 6.20. The van der Waals surface area contributed by atoms with Crippen LogP contribution in [-0.4, -0.2) is 14.9 Å². The maximum atomic E-state index is 6.05. The Bertz CT molecular complexity index is 242. The summed E-state index contributed by atoms with van der Waals surface area (Å²) in [6, 6.07) is 0. The molecule has 0 aliphatic rings. The Morgan fingerprint density at radius 1 is 1.67 bits per heavy atom. The Morgan fingerprint density at radius 2 is 2.33 bits per heavy atom. The first-order valence-corrected chi connectivity index (χ1v) is 4.71. The molecule has 1 rings (SSSR count). The average molecular weight is 187 g/mol. The summed E-state index contributed by atoms with van der Waals surface area (Å²) < 4.78 is 2.03. The van der Waals surface area contributed by atoms with Crippen molar-refractivity contribution in [2.45, 2.75) is 31.6 Å². The second-order valence-corrected chi connectivity index (χ2v) is 3.78. The lowest BCUT2D eigenvalue weighted by Gasteiger charge is -2.16. The SMILES string of the molecule is CCC(c1nccn1C)C(C)Cl. The van der Waals surface area contributed by atoms with E-state index in [2.05, 4.69) is 11.9 Å². The molecule has 0 N–H and O–H groups in total. The number of nitrogens with zero attached hydrogens (tertiary/aromatic N) is 2. The fourth-order valence-electron chi connectivity index (χ4n) is 1.45. The van der Waals surface area contributed by atoms with Crippen molar-refractivity contribution in [3.8, 4) is 0 Å². The molecule has 1 heterocycles. The third-order valence-corrected chi connectivity index (χ3v) is 2.49. The second kappa shape index (κ2) is 3.94. The van der Waals surface area contributed by atoms with Crippen molar-refractivity contribution in [1.82, 2.24) is 9.55 Å². The fraction of sp³-hybridized carbons (Fsp3) is 0.667. The molecule has 0 aromatic carbocycles. The van der Waals surface area contributed by atoms with Gasteiger partial charge >= 0.3 is 0 Å². The first kappa shape index (κ1) is 9.59. The molecule has 12 heavy (non-hydrogen) atoms. The molecular formula is C9H15ClN2. The molecule has 2 unspecified atom stereocenters. The number of halogens is 1. The van der Waals surface area contributed by atoms with E-state index in [0.29, 0.717) is 5.92 Å². The summed E-state index contributed by atoms with van der Waals surface area (Å²) in [4.78, 5) is 4.29. The zero-order valence-electron chi connectivity index (χ0n) is 7.79. The molecule has 0 aliphatic heterocycles. The highest BCUT2D eigenvalue weighted by Crippen LogP contribution is 2.24. The van der Waals surface area contributed by atoms with E-state index in [9.17, 15) is 0 Å². The second-order valence-electron chi connectivity index (χ2n) is 3.09. The average Bonchev–Trinajstić information content (AvgIpc) is 2.38. The molecule has 1 aromatic heterocycles. The molecule has 1 aromatic rings. The Morgan fingerprint density at radius 3 is 2.67 bits per heavy atom. The summed E-state index contributed by atoms with van der Waals surface area (Å²) in [7, 11) is 2.00. The van der Waals surface area contributed by atoms with E-state index in [-0.39, 0.29) is 5.38 Å². The van der Waals surface area contributed by atoms with Crippen LogP contribution in [0.2, 0.25) is 0 Å². The van der Waals surface area contributed by atoms with Crippen molar-refractivity contribution < 1.29 is 0 Å². The van der Waals surface area contributed by atoms with Gasteiger partial charge in [-0.2, -0.15) is 0 Å². The fourth-order valence-corrected chi connectivity index (χ4v) is 1.74. The molecule has 68 valence electrons. The molecule has 0 bridgehead atoms. The highest BCUT2D eigenvalue weighted by Gasteiger charge is 2.18. The molecule has 2 nitrogen and oxygen atoms in total. The van der Waals surface area contributed by atoms with Gasteiger partial charge in [0.2, 0.25) is 0 Å². The molecule has 0 fully saturated rings. The molecule has 0 spiro atoms. The van der Waals surface area contributed by atoms with Gasteiger partial charge in [-0.1, -0.05) is 6.92 Å². The zero-order chi connectivity index (χ0) is 9.14. The highest BCUT2D eigenvalue weighted by atomic mass is 35.5. The lowest BCUT2D eigenvalue weighted by atomic mass is 10.0. The molecule has 2 atom stereocenters. The van der Waals surface area contributed by atoms with Gasteiger partial charge < -0.3 is 4.57 Å². The lowest BCUT2D eigenvalue weighted by Crippen LogP contribution is -2.13. The normalized spacial score (nSPS) is 16.0. The molecule has 0 radical (unpaired) electrons. The van der Waals surface area contributed by atoms with Crippen LogP contribution in [0, 0.1) is 0 Å². The van der Waals surface area contributed by atoms with E-state index in [0.717, 1.165) is 12.2 Å². The largest absolute Gasteiger partial charge is 0.338 e. The molecular weight excluding hydrogens is 172 g/mol. The maximum absolute atomic E-state index is 6.05. The third kappa shape index (κ3) is 1.81. The van der Waals surface area contributed by atoms with E-state index in [1.165, 1.54) is 0 Å². The van der Waals surface area contributed by atoms with Crippen molar-refractivity contribution in [2.24, 2.45) is 7.05 Å². The van der Waals surface area contributed by atoms with Crippen LogP contribution in [0.25, 0.3) is 0 Å². The van der Waals surface area contributed by atoms with Crippen molar-refractivity contribution in [1.29, 1.82) is 0 Å². The number of imidazole rings is 1. The molecule has 0 amide bonds. The number of aryl methyl sites for hydroxylation is 1. The van der Waals surface area contributed by atoms with Gasteiger partial charge in [0.1, 0.15) is 5.82 Å². The Balaban J connectivity index is 2.87. The van der Waals surface area contributed by atoms with Crippen molar-refractivity contribution >= 4 is 11.6 Å². The van der Waals surface area contributed by atoms with Crippen LogP contribution in [0.15, 0.2) is 12.4 Å². The van der Waals surface area contributed by atoms with Gasteiger partial charge in [-0.05, 0) is 13.3 Å². The Kier molecular flexibility index (Phi) is 3.15. The summed E-state index contributed by atoms with van der Waals surface area (Å²) >= 11 is 6.05. The van der Waals surface area contributed by atoms with Crippen LogP contribution in [-0.2, 0) is 7.05 Å². The predicted molar refractivity (Wildman–Crippen MR) is 51.6 cm³/mol. The Labute approximate surface area is 78.6 Å². The van der Waals surface area contributed by atoms with Crippen LogP contribution < -0.4 is 0 Å². The van der Waals surface area contributed by atoms with Gasteiger partial charge in [-0.25, -0.2) is 4.98 Å². The molecule has 3 heteroatoms. The standard InChI is InChI=1S/C9H15ClN2/c1-4-8(7(2)10)9-11-5-6-12(9)3/h5-8H,4H2,1-3H3. The summed E-state index contributed by atoms with van der Waals surface area (Å²) in [6.07, 6.45) is 4.81. The van der Waals surface area contributed by atoms with Crippen molar-refractivity contribution in [2.75, 3.05) is 0 Å². The van der Waals surface area contributed by atoms with Gasteiger partial charge in [0.25, 0.3) is 0 Å². The topological polar surface area (TPSA) is 17.8 Å². The van der Waals surface area contributed by atoms with Crippen molar-refractivity contribution in [3.63, 3.8) is 0 Å². The quantitative estimate of drug-likeness (QED) is 0.664. The zero-order valence-corrected chi connectivity index (χ0v) is 8.54. The van der Waals surface area contributed by atoms with Gasteiger partial charge in [-0.15, -0.1) is 11.6 Å². The first-order valence-electron chi connectivity index (χ1n) is 4.28. The van der Waals surface area contributed by atoms with Crippen LogP contribution in [0.1, 0.15) is 32.0 Å². The van der Waals surface area contributed by atoms with Crippen molar-refractivity contribution in [3.05, 3.63) is 18.2 Å². The van der Waals surface area contributed by atoms with Crippen LogP contribution >= 0.6 is 11.6 Å². The number of aromatic nitrogens is 2. The maximum Gasteiger partial charge on any atom is 0.112 e. The Hall–Kier alpha value is -0.500. The summed E-state index contributed by atoms with van der Waals surface area (Å²) in [5.74, 6) is 1.45.